The topological polar surface area (TPSA) is 50.7 Å². The van der Waals surface area contributed by atoms with Crippen LogP contribution in [0.25, 0.3) is 0 Å². The molecule has 102 valence electrons. The first kappa shape index (κ1) is 14.9. The third-order valence-electron chi connectivity index (χ3n) is 3.45. The molecule has 0 heterocycles. The van der Waals surface area contributed by atoms with Crippen LogP contribution in [0.1, 0.15) is 32.1 Å². The average molecular weight is 245 g/mol. The van der Waals surface area contributed by atoms with Gasteiger partial charge in [0.1, 0.15) is 0 Å². The fraction of sp³-hybridized carbons (Fsp3) is 1.00. The van der Waals surface area contributed by atoms with E-state index >= 15 is 0 Å². The van der Waals surface area contributed by atoms with Crippen LogP contribution in [0, 0.1) is 5.92 Å². The molecule has 0 saturated heterocycles. The Hall–Kier alpha value is -0.160. The Morgan fingerprint density at radius 3 is 2.76 bits per heavy atom. The lowest BCUT2D eigenvalue weighted by Gasteiger charge is -2.31. The van der Waals surface area contributed by atoms with Crippen LogP contribution in [0.4, 0.5) is 0 Å². The van der Waals surface area contributed by atoms with Crippen LogP contribution in [0.15, 0.2) is 0 Å². The molecule has 0 radical (unpaired) electrons. The van der Waals surface area contributed by atoms with Crippen molar-refractivity contribution in [1.29, 1.82) is 0 Å². The van der Waals surface area contributed by atoms with Crippen molar-refractivity contribution in [1.82, 2.24) is 5.32 Å². The normalized spacial score (nSPS) is 25.1. The van der Waals surface area contributed by atoms with Gasteiger partial charge in [0, 0.05) is 26.4 Å². The second-order valence-electron chi connectivity index (χ2n) is 4.75. The van der Waals surface area contributed by atoms with Gasteiger partial charge in [-0.1, -0.05) is 12.8 Å². The van der Waals surface area contributed by atoms with Crippen LogP contribution < -0.4 is 5.32 Å². The van der Waals surface area contributed by atoms with E-state index in [9.17, 15) is 5.11 Å². The summed E-state index contributed by atoms with van der Waals surface area (Å²) in [5.41, 5.74) is 0. The molecule has 0 aliphatic heterocycles. The Labute approximate surface area is 105 Å². The fourth-order valence-electron chi connectivity index (χ4n) is 2.40. The minimum absolute atomic E-state index is 0.321. The molecular weight excluding hydrogens is 218 g/mol. The molecule has 1 aliphatic rings. The van der Waals surface area contributed by atoms with Crippen LogP contribution in [0.2, 0.25) is 0 Å². The quantitative estimate of drug-likeness (QED) is 0.599. The summed E-state index contributed by atoms with van der Waals surface area (Å²) in [6.07, 6.45) is 5.95. The number of aliphatic hydroxyl groups excluding tert-OH is 1. The second kappa shape index (κ2) is 9.83. The van der Waals surface area contributed by atoms with Gasteiger partial charge in [-0.2, -0.15) is 0 Å². The predicted molar refractivity (Wildman–Crippen MR) is 68.1 cm³/mol. The Bertz CT molecular complexity index is 178. The zero-order chi connectivity index (χ0) is 12.3. The predicted octanol–water partition coefficient (Wildman–Crippen LogP) is 1.18. The molecule has 4 nitrogen and oxygen atoms in total. The number of methoxy groups -OCH3 is 1. The highest BCUT2D eigenvalue weighted by molar-refractivity contribution is 4.80. The first-order chi connectivity index (χ1) is 8.38. The van der Waals surface area contributed by atoms with Crippen LogP contribution in [-0.4, -0.2) is 51.2 Å². The van der Waals surface area contributed by atoms with Crippen LogP contribution in [0.5, 0.6) is 0 Å². The van der Waals surface area contributed by atoms with Crippen molar-refractivity contribution >= 4 is 0 Å². The molecule has 4 heteroatoms. The number of rotatable bonds is 9. The van der Waals surface area contributed by atoms with Crippen molar-refractivity contribution in [2.24, 2.45) is 5.92 Å². The second-order valence-corrected chi connectivity index (χ2v) is 4.75. The lowest BCUT2D eigenvalue weighted by molar-refractivity contribution is 0.0683. The largest absolute Gasteiger partial charge is 0.396 e. The molecule has 1 fully saturated rings. The van der Waals surface area contributed by atoms with Crippen LogP contribution in [0.3, 0.4) is 0 Å². The monoisotopic (exact) mass is 245 g/mol. The Morgan fingerprint density at radius 2 is 2.00 bits per heavy atom. The maximum absolute atomic E-state index is 9.28. The highest BCUT2D eigenvalue weighted by atomic mass is 16.5. The summed E-state index contributed by atoms with van der Waals surface area (Å²) in [6.45, 7) is 3.44. The minimum Gasteiger partial charge on any atom is -0.396 e. The molecule has 0 aromatic heterocycles. The number of hydrogen-bond donors (Lipinski definition) is 2. The summed E-state index contributed by atoms with van der Waals surface area (Å²) in [4.78, 5) is 0. The number of ether oxygens (including phenoxy) is 2. The Balaban J connectivity index is 1.97. The molecule has 17 heavy (non-hydrogen) atoms. The molecule has 1 rings (SSSR count). The maximum atomic E-state index is 9.28. The van der Waals surface area contributed by atoms with E-state index in [4.69, 9.17) is 9.47 Å². The zero-order valence-corrected chi connectivity index (χ0v) is 11.0. The third kappa shape index (κ3) is 6.36. The maximum Gasteiger partial charge on any atom is 0.0700 e. The summed E-state index contributed by atoms with van der Waals surface area (Å²) in [7, 11) is 1.68. The minimum atomic E-state index is 0.321. The smallest absolute Gasteiger partial charge is 0.0700 e. The summed E-state index contributed by atoms with van der Waals surface area (Å²) < 4.78 is 10.3. The van der Waals surface area contributed by atoms with Crippen molar-refractivity contribution in [3.05, 3.63) is 0 Å². The van der Waals surface area contributed by atoms with Crippen molar-refractivity contribution in [3.8, 4) is 0 Å². The average Bonchev–Trinajstić information content (AvgIpc) is 2.38. The molecule has 2 unspecified atom stereocenters. The molecule has 0 bridgehead atoms. The molecule has 1 aliphatic carbocycles. The first-order valence-electron chi connectivity index (χ1n) is 6.79. The van der Waals surface area contributed by atoms with Gasteiger partial charge < -0.3 is 19.9 Å². The standard InChI is InChI=1S/C13H27NO3/c1-16-9-10-17-8-4-7-14-13-6-3-2-5-12(13)11-15/h12-15H,2-11H2,1H3. The molecule has 2 N–H and O–H groups in total. The van der Waals surface area contributed by atoms with Gasteiger partial charge in [-0.3, -0.25) is 0 Å². The fourth-order valence-corrected chi connectivity index (χ4v) is 2.40. The molecule has 0 spiro atoms. The lowest BCUT2D eigenvalue weighted by atomic mass is 9.85. The van der Waals surface area contributed by atoms with Gasteiger partial charge in [0.05, 0.1) is 13.2 Å². The van der Waals surface area contributed by atoms with E-state index in [-0.39, 0.29) is 0 Å². The van der Waals surface area contributed by atoms with Gasteiger partial charge in [0.25, 0.3) is 0 Å². The van der Waals surface area contributed by atoms with Gasteiger partial charge in [-0.05, 0) is 31.7 Å². The van der Waals surface area contributed by atoms with Gasteiger partial charge in [0.15, 0.2) is 0 Å². The van der Waals surface area contributed by atoms with E-state index < -0.39 is 0 Å². The van der Waals surface area contributed by atoms with Crippen LogP contribution >= 0.6 is 0 Å². The first-order valence-corrected chi connectivity index (χ1v) is 6.79. The highest BCUT2D eigenvalue weighted by Crippen LogP contribution is 2.23. The zero-order valence-electron chi connectivity index (χ0n) is 11.0. The highest BCUT2D eigenvalue weighted by Gasteiger charge is 2.23. The number of nitrogens with one attached hydrogen (secondary N) is 1. The van der Waals surface area contributed by atoms with Crippen molar-refractivity contribution in [2.75, 3.05) is 40.1 Å². The summed E-state index contributed by atoms with van der Waals surface area (Å²) >= 11 is 0. The van der Waals surface area contributed by atoms with E-state index in [0.29, 0.717) is 31.8 Å². The third-order valence-corrected chi connectivity index (χ3v) is 3.45. The molecule has 0 amide bonds. The van der Waals surface area contributed by atoms with E-state index in [2.05, 4.69) is 5.32 Å². The molecule has 2 atom stereocenters. The van der Waals surface area contributed by atoms with Crippen molar-refractivity contribution < 1.29 is 14.6 Å². The summed E-state index contributed by atoms with van der Waals surface area (Å²) in [5, 5.41) is 12.8. The summed E-state index contributed by atoms with van der Waals surface area (Å²) in [6, 6.07) is 0.507. The van der Waals surface area contributed by atoms with Gasteiger partial charge in [0.2, 0.25) is 0 Å². The molecular formula is C13H27NO3. The van der Waals surface area contributed by atoms with Crippen molar-refractivity contribution in [3.63, 3.8) is 0 Å². The van der Waals surface area contributed by atoms with Crippen molar-refractivity contribution in [2.45, 2.75) is 38.1 Å². The van der Waals surface area contributed by atoms with E-state index in [1.807, 2.05) is 0 Å². The van der Waals surface area contributed by atoms with Gasteiger partial charge in [-0.25, -0.2) is 0 Å². The molecule has 1 saturated carbocycles. The van der Waals surface area contributed by atoms with E-state index in [1.54, 1.807) is 7.11 Å². The molecule has 0 aromatic rings. The number of aliphatic hydroxyl groups is 1. The van der Waals surface area contributed by atoms with E-state index in [0.717, 1.165) is 19.6 Å². The van der Waals surface area contributed by atoms with Gasteiger partial charge in [-0.15, -0.1) is 0 Å². The Kier molecular flexibility index (Phi) is 8.61. The Morgan fingerprint density at radius 1 is 1.18 bits per heavy atom. The summed E-state index contributed by atoms with van der Waals surface area (Å²) in [5.74, 6) is 0.457. The SMILES string of the molecule is COCCOCCCNC1CCCCC1CO. The van der Waals surface area contributed by atoms with Gasteiger partial charge >= 0.3 is 0 Å². The van der Waals surface area contributed by atoms with Crippen LogP contribution in [-0.2, 0) is 9.47 Å². The lowest BCUT2D eigenvalue weighted by Crippen LogP contribution is -2.40. The molecule has 0 aromatic carbocycles. The van der Waals surface area contributed by atoms with E-state index in [1.165, 1.54) is 25.7 Å². The number of hydrogen-bond acceptors (Lipinski definition) is 4.